The fourth-order valence-electron chi connectivity index (χ4n) is 2.49. The van der Waals surface area contributed by atoms with Gasteiger partial charge in [0.1, 0.15) is 6.26 Å². The molecule has 6 nitrogen and oxygen atoms in total. The largest absolute Gasteiger partial charge is 0.457 e. The van der Waals surface area contributed by atoms with Crippen LogP contribution in [0.5, 0.6) is 11.5 Å². The number of rotatable bonds is 5. The topological polar surface area (TPSA) is 57.2 Å². The molecule has 1 unspecified atom stereocenters. The van der Waals surface area contributed by atoms with E-state index in [2.05, 4.69) is 0 Å². The second-order valence-electron chi connectivity index (χ2n) is 5.17. The molecule has 1 atom stereocenters. The predicted octanol–water partition coefficient (Wildman–Crippen LogP) is 1.56. The summed E-state index contributed by atoms with van der Waals surface area (Å²) in [6.45, 7) is 2.31. The van der Waals surface area contributed by atoms with Crippen molar-refractivity contribution in [3.63, 3.8) is 0 Å². The van der Waals surface area contributed by atoms with Crippen molar-refractivity contribution in [1.29, 1.82) is 0 Å². The first-order chi connectivity index (χ1) is 10.8. The van der Waals surface area contributed by atoms with Gasteiger partial charge < -0.3 is 23.8 Å². The molecule has 6 heteroatoms. The van der Waals surface area contributed by atoms with Gasteiger partial charge in [-0.15, -0.1) is 0 Å². The molecular formula is C16H19NO5. The SMILES string of the molecule is COCCOC1CCN(C(=O)C2=COc3ccccc3O2)C1. The first-order valence-electron chi connectivity index (χ1n) is 7.31. The molecule has 0 saturated carbocycles. The van der Waals surface area contributed by atoms with Gasteiger partial charge in [0.25, 0.3) is 5.91 Å². The van der Waals surface area contributed by atoms with Crippen LogP contribution < -0.4 is 9.47 Å². The van der Waals surface area contributed by atoms with Gasteiger partial charge in [-0.3, -0.25) is 4.79 Å². The molecule has 0 aromatic heterocycles. The van der Waals surface area contributed by atoms with Crippen LogP contribution in [0.15, 0.2) is 36.3 Å². The zero-order chi connectivity index (χ0) is 15.4. The average molecular weight is 305 g/mol. The number of ether oxygens (including phenoxy) is 4. The number of carbonyl (C=O) groups excluding carboxylic acids is 1. The van der Waals surface area contributed by atoms with Gasteiger partial charge in [0.05, 0.1) is 19.3 Å². The number of methoxy groups -OCH3 is 1. The van der Waals surface area contributed by atoms with Gasteiger partial charge in [-0.25, -0.2) is 0 Å². The molecular weight excluding hydrogens is 286 g/mol. The maximum atomic E-state index is 12.5. The first-order valence-corrected chi connectivity index (χ1v) is 7.31. The summed E-state index contributed by atoms with van der Waals surface area (Å²) in [5.41, 5.74) is 0. The van der Waals surface area contributed by atoms with Crippen LogP contribution in [0.3, 0.4) is 0 Å². The molecule has 2 aliphatic heterocycles. The molecule has 0 spiro atoms. The van der Waals surface area contributed by atoms with Crippen LogP contribution in [0.25, 0.3) is 0 Å². The Morgan fingerprint density at radius 1 is 1.32 bits per heavy atom. The Hall–Kier alpha value is -2.05. The van der Waals surface area contributed by atoms with Crippen LogP contribution >= 0.6 is 0 Å². The lowest BCUT2D eigenvalue weighted by molar-refractivity contribution is -0.129. The number of para-hydroxylation sites is 2. The summed E-state index contributed by atoms with van der Waals surface area (Å²) in [4.78, 5) is 14.2. The molecule has 1 saturated heterocycles. The van der Waals surface area contributed by atoms with E-state index < -0.39 is 0 Å². The van der Waals surface area contributed by atoms with Crippen LogP contribution in [-0.4, -0.2) is 50.3 Å². The molecule has 118 valence electrons. The molecule has 2 aliphatic rings. The van der Waals surface area contributed by atoms with E-state index in [1.807, 2.05) is 12.1 Å². The molecule has 0 bridgehead atoms. The van der Waals surface area contributed by atoms with E-state index in [-0.39, 0.29) is 17.8 Å². The molecule has 2 heterocycles. The van der Waals surface area contributed by atoms with E-state index in [4.69, 9.17) is 18.9 Å². The lowest BCUT2D eigenvalue weighted by Crippen LogP contribution is -2.33. The summed E-state index contributed by atoms with van der Waals surface area (Å²) in [7, 11) is 1.64. The first kappa shape index (κ1) is 14.9. The van der Waals surface area contributed by atoms with Gasteiger partial charge in [-0.05, 0) is 18.6 Å². The maximum absolute atomic E-state index is 12.5. The van der Waals surface area contributed by atoms with Gasteiger partial charge >= 0.3 is 0 Å². The minimum atomic E-state index is -0.174. The average Bonchev–Trinajstić information content (AvgIpc) is 3.03. The summed E-state index contributed by atoms with van der Waals surface area (Å²) in [6, 6.07) is 7.26. The summed E-state index contributed by atoms with van der Waals surface area (Å²) in [6.07, 6.45) is 2.24. The molecule has 1 aromatic rings. The molecule has 22 heavy (non-hydrogen) atoms. The highest BCUT2D eigenvalue weighted by molar-refractivity contribution is 5.92. The third-order valence-corrected chi connectivity index (χ3v) is 3.65. The Balaban J connectivity index is 1.56. The smallest absolute Gasteiger partial charge is 0.292 e. The summed E-state index contributed by atoms with van der Waals surface area (Å²) in [5, 5.41) is 0. The third kappa shape index (κ3) is 3.23. The molecule has 0 aliphatic carbocycles. The van der Waals surface area contributed by atoms with E-state index >= 15 is 0 Å². The quantitative estimate of drug-likeness (QED) is 0.773. The monoisotopic (exact) mass is 305 g/mol. The van der Waals surface area contributed by atoms with Gasteiger partial charge in [0.15, 0.2) is 11.5 Å². The second-order valence-corrected chi connectivity index (χ2v) is 5.17. The zero-order valence-electron chi connectivity index (χ0n) is 12.5. The van der Waals surface area contributed by atoms with Crippen molar-refractivity contribution < 1.29 is 23.7 Å². The van der Waals surface area contributed by atoms with Crippen molar-refractivity contribution in [2.45, 2.75) is 12.5 Å². The second kappa shape index (κ2) is 6.81. The van der Waals surface area contributed by atoms with Crippen LogP contribution in [0, 0.1) is 0 Å². The Labute approximate surface area is 129 Å². The lowest BCUT2D eigenvalue weighted by atomic mass is 10.3. The molecule has 1 fully saturated rings. The van der Waals surface area contributed by atoms with Crippen molar-refractivity contribution in [2.24, 2.45) is 0 Å². The van der Waals surface area contributed by atoms with Crippen LogP contribution in [-0.2, 0) is 14.3 Å². The summed E-state index contributed by atoms with van der Waals surface area (Å²) in [5.74, 6) is 1.20. The summed E-state index contributed by atoms with van der Waals surface area (Å²) < 4.78 is 21.7. The van der Waals surface area contributed by atoms with Crippen molar-refractivity contribution in [2.75, 3.05) is 33.4 Å². The van der Waals surface area contributed by atoms with Gasteiger partial charge in [-0.2, -0.15) is 0 Å². The molecule has 1 amide bonds. The van der Waals surface area contributed by atoms with Crippen LogP contribution in [0.1, 0.15) is 6.42 Å². The third-order valence-electron chi connectivity index (χ3n) is 3.65. The van der Waals surface area contributed by atoms with E-state index in [1.54, 1.807) is 24.1 Å². The highest BCUT2D eigenvalue weighted by Crippen LogP contribution is 2.32. The van der Waals surface area contributed by atoms with Gasteiger partial charge in [0.2, 0.25) is 5.76 Å². The van der Waals surface area contributed by atoms with E-state index in [0.29, 0.717) is 37.8 Å². The number of amides is 1. The fourth-order valence-corrected chi connectivity index (χ4v) is 2.49. The number of benzene rings is 1. The summed E-state index contributed by atoms with van der Waals surface area (Å²) >= 11 is 0. The van der Waals surface area contributed by atoms with Crippen molar-refractivity contribution in [1.82, 2.24) is 4.90 Å². The highest BCUT2D eigenvalue weighted by atomic mass is 16.6. The maximum Gasteiger partial charge on any atom is 0.292 e. The minimum Gasteiger partial charge on any atom is -0.457 e. The number of fused-ring (bicyclic) bond motifs is 1. The standard InChI is InChI=1S/C16H19NO5/c1-19-8-9-20-12-6-7-17(10-12)16(18)15-11-21-13-4-2-3-5-14(13)22-15/h2-5,11-12H,6-10H2,1H3. The van der Waals surface area contributed by atoms with E-state index in [1.165, 1.54) is 6.26 Å². The van der Waals surface area contributed by atoms with Crippen molar-refractivity contribution >= 4 is 5.91 Å². The normalized spacial score (nSPS) is 20.0. The van der Waals surface area contributed by atoms with Gasteiger partial charge in [0, 0.05) is 20.2 Å². The van der Waals surface area contributed by atoms with E-state index in [0.717, 1.165) is 6.42 Å². The Bertz CT molecular complexity index is 571. The molecule has 1 aromatic carbocycles. The Morgan fingerprint density at radius 3 is 2.95 bits per heavy atom. The van der Waals surface area contributed by atoms with Gasteiger partial charge in [-0.1, -0.05) is 12.1 Å². The van der Waals surface area contributed by atoms with Crippen molar-refractivity contribution in [3.05, 3.63) is 36.3 Å². The number of nitrogens with zero attached hydrogens (tertiary/aromatic N) is 1. The minimum absolute atomic E-state index is 0.0523. The van der Waals surface area contributed by atoms with Crippen LogP contribution in [0.2, 0.25) is 0 Å². The molecule has 3 rings (SSSR count). The van der Waals surface area contributed by atoms with E-state index in [9.17, 15) is 4.79 Å². The van der Waals surface area contributed by atoms with Crippen LogP contribution in [0.4, 0.5) is 0 Å². The predicted molar refractivity (Wildman–Crippen MR) is 78.6 cm³/mol. The highest BCUT2D eigenvalue weighted by Gasteiger charge is 2.31. The lowest BCUT2D eigenvalue weighted by Gasteiger charge is -2.21. The van der Waals surface area contributed by atoms with Crippen molar-refractivity contribution in [3.8, 4) is 11.5 Å². The molecule has 0 N–H and O–H groups in total. The number of likely N-dealkylation sites (tertiary alicyclic amines) is 1. The Kier molecular flexibility index (Phi) is 4.60. The zero-order valence-corrected chi connectivity index (χ0v) is 12.5. The fraction of sp³-hybridized carbons (Fsp3) is 0.438. The number of carbonyl (C=O) groups is 1. The number of hydrogen-bond acceptors (Lipinski definition) is 5. The number of hydrogen-bond donors (Lipinski definition) is 0. The Morgan fingerprint density at radius 2 is 2.14 bits per heavy atom. The molecule has 0 radical (unpaired) electrons.